The lowest BCUT2D eigenvalue weighted by Gasteiger charge is -2.36. The maximum absolute atomic E-state index is 11.9. The number of hydrogen-bond donors (Lipinski definition) is 3. The molecule has 0 aliphatic carbocycles. The Balaban J connectivity index is 2.12. The summed E-state index contributed by atoms with van der Waals surface area (Å²) >= 11 is 0. The van der Waals surface area contributed by atoms with Crippen molar-refractivity contribution in [1.82, 2.24) is 5.32 Å². The van der Waals surface area contributed by atoms with E-state index in [0.717, 1.165) is 31.5 Å². The summed E-state index contributed by atoms with van der Waals surface area (Å²) in [5, 5.41) is 16.2. The molecule has 1 aliphatic heterocycles. The van der Waals surface area contributed by atoms with Gasteiger partial charge in [-0.3, -0.25) is 5.32 Å². The van der Waals surface area contributed by atoms with Gasteiger partial charge in [-0.1, -0.05) is 0 Å². The first kappa shape index (κ1) is 18.5. The normalized spacial score (nSPS) is 17.3. The summed E-state index contributed by atoms with van der Waals surface area (Å²) in [6.45, 7) is 7.23. The van der Waals surface area contributed by atoms with Crippen LogP contribution in [-0.4, -0.2) is 42.6 Å². The van der Waals surface area contributed by atoms with Crippen molar-refractivity contribution in [3.8, 4) is 5.75 Å². The zero-order valence-electron chi connectivity index (χ0n) is 14.9. The smallest absolute Gasteiger partial charge is 0.412 e. The van der Waals surface area contributed by atoms with E-state index in [2.05, 4.69) is 10.6 Å². The van der Waals surface area contributed by atoms with Crippen LogP contribution >= 0.6 is 0 Å². The average molecular weight is 336 g/mol. The number of ether oxygens (including phenoxy) is 2. The lowest BCUT2D eigenvalue weighted by Crippen LogP contribution is -2.45. The molecule has 0 saturated carbocycles. The summed E-state index contributed by atoms with van der Waals surface area (Å²) in [7, 11) is 1.71. The van der Waals surface area contributed by atoms with Crippen molar-refractivity contribution in [2.75, 3.05) is 25.5 Å². The average Bonchev–Trinajstić information content (AvgIpc) is 2.50. The van der Waals surface area contributed by atoms with Crippen LogP contribution in [0.2, 0.25) is 0 Å². The van der Waals surface area contributed by atoms with E-state index in [0.29, 0.717) is 12.1 Å². The van der Waals surface area contributed by atoms with Gasteiger partial charge in [-0.2, -0.15) is 0 Å². The van der Waals surface area contributed by atoms with Gasteiger partial charge in [-0.05, 0) is 70.5 Å². The highest BCUT2D eigenvalue weighted by Gasteiger charge is 2.33. The van der Waals surface area contributed by atoms with Gasteiger partial charge >= 0.3 is 6.09 Å². The maximum Gasteiger partial charge on any atom is 0.412 e. The number of benzene rings is 1. The Morgan fingerprint density at radius 2 is 2.00 bits per heavy atom. The minimum atomic E-state index is -0.557. The standard InChI is InChI=1S/C18H28N2O4/c1-17(2,3)24-16(22)20-14-5-6-15(21)13(11-14)12-18(23-4)7-9-19-10-8-18/h5-6,11,19,21H,7-10,12H2,1-4H3,(H,20,22). The lowest BCUT2D eigenvalue weighted by atomic mass is 9.85. The first-order chi connectivity index (χ1) is 11.2. The van der Waals surface area contributed by atoms with E-state index in [1.165, 1.54) is 0 Å². The highest BCUT2D eigenvalue weighted by atomic mass is 16.6. The lowest BCUT2D eigenvalue weighted by molar-refractivity contribution is -0.0336. The molecule has 0 unspecified atom stereocenters. The third-order valence-corrected chi connectivity index (χ3v) is 4.19. The number of rotatable bonds is 4. The van der Waals surface area contributed by atoms with Crippen LogP contribution in [0.3, 0.4) is 0 Å². The van der Waals surface area contributed by atoms with Crippen LogP contribution in [-0.2, 0) is 15.9 Å². The monoisotopic (exact) mass is 336 g/mol. The molecule has 0 bridgehead atoms. The summed E-state index contributed by atoms with van der Waals surface area (Å²) in [5.74, 6) is 0.208. The predicted octanol–water partition coefficient (Wildman–Crippen LogP) is 3.05. The fourth-order valence-corrected chi connectivity index (χ4v) is 2.91. The molecular weight excluding hydrogens is 308 g/mol. The van der Waals surface area contributed by atoms with E-state index in [9.17, 15) is 9.90 Å². The van der Waals surface area contributed by atoms with E-state index < -0.39 is 11.7 Å². The third kappa shape index (κ3) is 5.11. The fraction of sp³-hybridized carbons (Fsp3) is 0.611. The molecule has 3 N–H and O–H groups in total. The molecule has 1 fully saturated rings. The predicted molar refractivity (Wildman–Crippen MR) is 93.5 cm³/mol. The van der Waals surface area contributed by atoms with Gasteiger partial charge in [0.15, 0.2) is 0 Å². The van der Waals surface area contributed by atoms with Gasteiger partial charge in [0.25, 0.3) is 0 Å². The van der Waals surface area contributed by atoms with Crippen LogP contribution in [0, 0.1) is 0 Å². The van der Waals surface area contributed by atoms with Crippen molar-refractivity contribution < 1.29 is 19.4 Å². The molecule has 2 rings (SSSR count). The second kappa shape index (κ2) is 7.40. The topological polar surface area (TPSA) is 79.8 Å². The second-order valence-electron chi connectivity index (χ2n) is 7.28. The van der Waals surface area contributed by atoms with E-state index in [1.807, 2.05) is 20.8 Å². The summed E-state index contributed by atoms with van der Waals surface area (Å²) in [6.07, 6.45) is 1.85. The highest BCUT2D eigenvalue weighted by Crippen LogP contribution is 2.32. The van der Waals surface area contributed by atoms with Gasteiger partial charge in [0.05, 0.1) is 5.60 Å². The van der Waals surface area contributed by atoms with Crippen LogP contribution in [0.1, 0.15) is 39.2 Å². The number of aromatic hydroxyl groups is 1. The zero-order chi connectivity index (χ0) is 17.8. The summed E-state index contributed by atoms with van der Waals surface area (Å²) in [4.78, 5) is 11.9. The highest BCUT2D eigenvalue weighted by molar-refractivity contribution is 5.85. The molecule has 1 aromatic carbocycles. The molecule has 0 aromatic heterocycles. The molecule has 6 heteroatoms. The summed E-state index contributed by atoms with van der Waals surface area (Å²) in [6, 6.07) is 5.03. The van der Waals surface area contributed by atoms with Gasteiger partial charge in [-0.15, -0.1) is 0 Å². The van der Waals surface area contributed by atoms with E-state index in [1.54, 1.807) is 25.3 Å². The Kier molecular flexibility index (Phi) is 5.72. The number of nitrogens with one attached hydrogen (secondary N) is 2. The minimum absolute atomic E-state index is 0.208. The van der Waals surface area contributed by atoms with Crippen molar-refractivity contribution in [3.05, 3.63) is 23.8 Å². The molecule has 6 nitrogen and oxygen atoms in total. The number of phenols is 1. The molecule has 0 radical (unpaired) electrons. The Hall–Kier alpha value is -1.79. The molecule has 1 saturated heterocycles. The number of carbonyl (C=O) groups excluding carboxylic acids is 1. The number of methoxy groups -OCH3 is 1. The van der Waals surface area contributed by atoms with Crippen LogP contribution in [0.4, 0.5) is 10.5 Å². The van der Waals surface area contributed by atoms with Crippen molar-refractivity contribution in [3.63, 3.8) is 0 Å². The molecular formula is C18H28N2O4. The molecule has 1 aliphatic rings. The van der Waals surface area contributed by atoms with Gasteiger partial charge in [0, 0.05) is 19.2 Å². The molecule has 1 heterocycles. The number of phenolic OH excluding ortho intramolecular Hbond substituents is 1. The van der Waals surface area contributed by atoms with Crippen LogP contribution in [0.15, 0.2) is 18.2 Å². The molecule has 1 aromatic rings. The number of anilines is 1. The van der Waals surface area contributed by atoms with Crippen molar-refractivity contribution in [1.29, 1.82) is 0 Å². The molecule has 24 heavy (non-hydrogen) atoms. The molecule has 1 amide bonds. The van der Waals surface area contributed by atoms with Gasteiger partial charge < -0.3 is 19.9 Å². The Bertz CT molecular complexity index is 575. The maximum atomic E-state index is 11.9. The fourth-order valence-electron chi connectivity index (χ4n) is 2.91. The van der Waals surface area contributed by atoms with Crippen LogP contribution < -0.4 is 10.6 Å². The van der Waals surface area contributed by atoms with E-state index >= 15 is 0 Å². The van der Waals surface area contributed by atoms with E-state index in [-0.39, 0.29) is 11.4 Å². The van der Waals surface area contributed by atoms with Crippen LogP contribution in [0.25, 0.3) is 0 Å². The second-order valence-corrected chi connectivity index (χ2v) is 7.28. The van der Waals surface area contributed by atoms with Gasteiger partial charge in [0.1, 0.15) is 11.4 Å². The van der Waals surface area contributed by atoms with Crippen LogP contribution in [0.5, 0.6) is 5.75 Å². The van der Waals surface area contributed by atoms with Crippen molar-refractivity contribution >= 4 is 11.8 Å². The number of hydrogen-bond acceptors (Lipinski definition) is 5. The molecule has 0 atom stereocenters. The Morgan fingerprint density at radius 3 is 2.58 bits per heavy atom. The first-order valence-electron chi connectivity index (χ1n) is 8.31. The zero-order valence-corrected chi connectivity index (χ0v) is 14.9. The number of amides is 1. The molecule has 0 spiro atoms. The van der Waals surface area contributed by atoms with Crippen molar-refractivity contribution in [2.45, 2.75) is 51.2 Å². The quantitative estimate of drug-likeness (QED) is 0.737. The number of carbonyl (C=O) groups is 1. The first-order valence-corrected chi connectivity index (χ1v) is 8.31. The third-order valence-electron chi connectivity index (χ3n) is 4.19. The SMILES string of the molecule is COC1(Cc2cc(NC(=O)OC(C)(C)C)ccc2O)CCNCC1. The molecule has 134 valence electrons. The summed E-state index contributed by atoms with van der Waals surface area (Å²) in [5.41, 5.74) is 0.510. The van der Waals surface area contributed by atoms with Crippen molar-refractivity contribution in [2.24, 2.45) is 0 Å². The van der Waals surface area contributed by atoms with Gasteiger partial charge in [0.2, 0.25) is 0 Å². The van der Waals surface area contributed by atoms with Gasteiger partial charge in [-0.25, -0.2) is 4.79 Å². The Labute approximate surface area is 143 Å². The summed E-state index contributed by atoms with van der Waals surface area (Å²) < 4.78 is 11.0. The largest absolute Gasteiger partial charge is 0.508 e. The Morgan fingerprint density at radius 1 is 1.33 bits per heavy atom. The number of piperidine rings is 1. The minimum Gasteiger partial charge on any atom is -0.508 e. The van der Waals surface area contributed by atoms with E-state index in [4.69, 9.17) is 9.47 Å².